The van der Waals surface area contributed by atoms with Crippen LogP contribution in [0.3, 0.4) is 0 Å². The number of nitriles is 1. The van der Waals surface area contributed by atoms with E-state index in [1.54, 1.807) is 20.3 Å². The Labute approximate surface area is 118 Å². The molecule has 5 heteroatoms. The average Bonchev–Trinajstić information content (AvgIpc) is 2.44. The van der Waals surface area contributed by atoms with Crippen molar-refractivity contribution < 1.29 is 14.3 Å². The number of hydrogen-bond donors (Lipinski definition) is 1. The summed E-state index contributed by atoms with van der Waals surface area (Å²) in [5, 5.41) is 11.9. The molecule has 0 atom stereocenters. The maximum absolute atomic E-state index is 12.0. The van der Waals surface area contributed by atoms with Crippen LogP contribution in [0.15, 0.2) is 18.2 Å². The van der Waals surface area contributed by atoms with Crippen LogP contribution in [-0.4, -0.2) is 20.1 Å². The monoisotopic (exact) mass is 274 g/mol. The zero-order valence-corrected chi connectivity index (χ0v) is 11.7. The fourth-order valence-electron chi connectivity index (χ4n) is 2.26. The van der Waals surface area contributed by atoms with Crippen molar-refractivity contribution in [1.82, 2.24) is 5.32 Å². The minimum Gasteiger partial charge on any atom is -0.493 e. The predicted molar refractivity (Wildman–Crippen MR) is 73.3 cm³/mol. The number of hydrogen-bond acceptors (Lipinski definition) is 4. The van der Waals surface area contributed by atoms with Gasteiger partial charge in [0, 0.05) is 6.54 Å². The zero-order chi connectivity index (χ0) is 14.6. The van der Waals surface area contributed by atoms with Gasteiger partial charge in [-0.25, -0.2) is 0 Å². The molecule has 20 heavy (non-hydrogen) atoms. The normalized spacial score (nSPS) is 15.7. The van der Waals surface area contributed by atoms with Gasteiger partial charge < -0.3 is 14.8 Å². The van der Waals surface area contributed by atoms with E-state index in [0.717, 1.165) is 12.0 Å². The fraction of sp³-hybridized carbons (Fsp3) is 0.467. The van der Waals surface area contributed by atoms with E-state index in [4.69, 9.17) is 14.7 Å². The van der Waals surface area contributed by atoms with Gasteiger partial charge in [-0.2, -0.15) is 5.26 Å². The van der Waals surface area contributed by atoms with Crippen molar-refractivity contribution >= 4 is 5.91 Å². The Morgan fingerprint density at radius 1 is 1.35 bits per heavy atom. The molecule has 1 aliphatic rings. The van der Waals surface area contributed by atoms with Gasteiger partial charge >= 0.3 is 0 Å². The third-order valence-electron chi connectivity index (χ3n) is 3.76. The van der Waals surface area contributed by atoms with Crippen LogP contribution >= 0.6 is 0 Å². The minimum absolute atomic E-state index is 0.180. The molecule has 5 nitrogen and oxygen atoms in total. The summed E-state index contributed by atoms with van der Waals surface area (Å²) in [5.74, 6) is 1.09. The van der Waals surface area contributed by atoms with Crippen LogP contribution in [-0.2, 0) is 11.3 Å². The molecule has 2 rings (SSSR count). The van der Waals surface area contributed by atoms with Crippen molar-refractivity contribution in [2.75, 3.05) is 14.2 Å². The molecule has 0 unspecified atom stereocenters. The SMILES string of the molecule is COc1ccc(CNC(=O)C2(C#N)CCC2)cc1OC. The first-order chi connectivity index (χ1) is 9.65. The molecule has 0 saturated heterocycles. The number of methoxy groups -OCH3 is 2. The molecule has 0 heterocycles. The highest BCUT2D eigenvalue weighted by molar-refractivity contribution is 5.86. The highest BCUT2D eigenvalue weighted by Crippen LogP contribution is 2.40. The molecule has 1 N–H and O–H groups in total. The molecule has 1 amide bonds. The lowest BCUT2D eigenvalue weighted by atomic mass is 9.69. The molecule has 0 spiro atoms. The Bertz CT molecular complexity index is 545. The second-order valence-corrected chi connectivity index (χ2v) is 4.92. The molecule has 0 radical (unpaired) electrons. The lowest BCUT2D eigenvalue weighted by Crippen LogP contribution is -2.44. The zero-order valence-electron chi connectivity index (χ0n) is 11.7. The summed E-state index contributed by atoms with van der Waals surface area (Å²) in [4.78, 5) is 12.0. The third kappa shape index (κ3) is 2.55. The van der Waals surface area contributed by atoms with E-state index in [0.29, 0.717) is 30.9 Å². The molecule has 1 saturated carbocycles. The molecular weight excluding hydrogens is 256 g/mol. The highest BCUT2D eigenvalue weighted by Gasteiger charge is 2.44. The molecule has 0 aliphatic heterocycles. The number of carbonyl (C=O) groups excluding carboxylic acids is 1. The first-order valence-electron chi connectivity index (χ1n) is 6.55. The molecule has 1 aromatic rings. The van der Waals surface area contributed by atoms with Gasteiger partial charge in [0.15, 0.2) is 11.5 Å². The average molecular weight is 274 g/mol. The number of rotatable bonds is 5. The lowest BCUT2D eigenvalue weighted by molar-refractivity contribution is -0.131. The van der Waals surface area contributed by atoms with Crippen LogP contribution in [0.2, 0.25) is 0 Å². The topological polar surface area (TPSA) is 71.3 Å². The maximum Gasteiger partial charge on any atom is 0.240 e. The Hall–Kier alpha value is -2.22. The first kappa shape index (κ1) is 14.2. The second-order valence-electron chi connectivity index (χ2n) is 4.92. The summed E-state index contributed by atoms with van der Waals surface area (Å²) in [6.07, 6.45) is 2.25. The van der Waals surface area contributed by atoms with Gasteiger partial charge in [0.05, 0.1) is 20.3 Å². The number of benzene rings is 1. The molecular formula is C15H18N2O3. The van der Waals surface area contributed by atoms with Crippen LogP contribution in [0.4, 0.5) is 0 Å². The molecule has 1 fully saturated rings. The van der Waals surface area contributed by atoms with Gasteiger partial charge in [0.25, 0.3) is 0 Å². The van der Waals surface area contributed by atoms with Gasteiger partial charge in [-0.05, 0) is 37.0 Å². The fourth-order valence-corrected chi connectivity index (χ4v) is 2.26. The van der Waals surface area contributed by atoms with E-state index in [2.05, 4.69) is 11.4 Å². The molecule has 1 aromatic carbocycles. The van der Waals surface area contributed by atoms with Gasteiger partial charge in [0.2, 0.25) is 5.91 Å². The summed E-state index contributed by atoms with van der Waals surface area (Å²) in [6.45, 7) is 0.378. The van der Waals surface area contributed by atoms with Crippen molar-refractivity contribution in [1.29, 1.82) is 5.26 Å². The Morgan fingerprint density at radius 2 is 2.05 bits per heavy atom. The number of nitrogens with one attached hydrogen (secondary N) is 1. The minimum atomic E-state index is -0.809. The van der Waals surface area contributed by atoms with Crippen LogP contribution < -0.4 is 14.8 Å². The number of ether oxygens (including phenoxy) is 2. The Balaban J connectivity index is 2.01. The quantitative estimate of drug-likeness (QED) is 0.891. The van der Waals surface area contributed by atoms with E-state index < -0.39 is 5.41 Å². The van der Waals surface area contributed by atoms with Gasteiger partial charge in [-0.1, -0.05) is 6.07 Å². The van der Waals surface area contributed by atoms with Crippen molar-refractivity contribution in [3.8, 4) is 17.6 Å². The Morgan fingerprint density at radius 3 is 2.55 bits per heavy atom. The van der Waals surface area contributed by atoms with E-state index in [1.807, 2.05) is 12.1 Å². The van der Waals surface area contributed by atoms with Crippen molar-refractivity contribution in [3.63, 3.8) is 0 Å². The van der Waals surface area contributed by atoms with Crippen LogP contribution in [0.1, 0.15) is 24.8 Å². The van der Waals surface area contributed by atoms with Gasteiger partial charge in [-0.15, -0.1) is 0 Å². The van der Waals surface area contributed by atoms with Crippen molar-refractivity contribution in [3.05, 3.63) is 23.8 Å². The van der Waals surface area contributed by atoms with Crippen LogP contribution in [0.25, 0.3) is 0 Å². The van der Waals surface area contributed by atoms with E-state index >= 15 is 0 Å². The highest BCUT2D eigenvalue weighted by atomic mass is 16.5. The van der Waals surface area contributed by atoms with Crippen LogP contribution in [0, 0.1) is 16.7 Å². The number of amides is 1. The maximum atomic E-state index is 12.0. The van der Waals surface area contributed by atoms with Gasteiger partial charge in [0.1, 0.15) is 5.41 Å². The smallest absolute Gasteiger partial charge is 0.240 e. The summed E-state index contributed by atoms with van der Waals surface area (Å²) in [7, 11) is 3.14. The summed E-state index contributed by atoms with van der Waals surface area (Å²) in [5.41, 5.74) is 0.0970. The van der Waals surface area contributed by atoms with Crippen molar-refractivity contribution in [2.24, 2.45) is 5.41 Å². The molecule has 106 valence electrons. The largest absolute Gasteiger partial charge is 0.493 e. The second kappa shape index (κ2) is 5.83. The summed E-state index contributed by atoms with van der Waals surface area (Å²) < 4.78 is 10.4. The third-order valence-corrected chi connectivity index (χ3v) is 3.76. The molecule has 1 aliphatic carbocycles. The molecule has 0 aromatic heterocycles. The van der Waals surface area contributed by atoms with Crippen LogP contribution in [0.5, 0.6) is 11.5 Å². The van der Waals surface area contributed by atoms with E-state index in [-0.39, 0.29) is 5.91 Å². The van der Waals surface area contributed by atoms with Crippen molar-refractivity contribution in [2.45, 2.75) is 25.8 Å². The van der Waals surface area contributed by atoms with Gasteiger partial charge in [-0.3, -0.25) is 4.79 Å². The number of carbonyl (C=O) groups is 1. The summed E-state index contributed by atoms with van der Waals surface area (Å²) in [6, 6.07) is 7.61. The number of nitrogens with zero attached hydrogens (tertiary/aromatic N) is 1. The van der Waals surface area contributed by atoms with E-state index in [9.17, 15) is 4.79 Å². The lowest BCUT2D eigenvalue weighted by Gasteiger charge is -2.33. The summed E-state index contributed by atoms with van der Waals surface area (Å²) >= 11 is 0. The van der Waals surface area contributed by atoms with E-state index in [1.165, 1.54) is 0 Å². The molecule has 0 bridgehead atoms. The first-order valence-corrected chi connectivity index (χ1v) is 6.55. The predicted octanol–water partition coefficient (Wildman–Crippen LogP) is 2.01. The standard InChI is InChI=1S/C15H18N2O3/c1-19-12-5-4-11(8-13(12)20-2)9-17-14(18)15(10-16)6-3-7-15/h4-5,8H,3,6-7,9H2,1-2H3,(H,17,18). The Kier molecular flexibility index (Phi) is 4.14.